The van der Waals surface area contributed by atoms with E-state index in [0.29, 0.717) is 0 Å². The van der Waals surface area contributed by atoms with Crippen LogP contribution in [0.4, 0.5) is 0 Å². The molecule has 2 saturated carbocycles. The summed E-state index contributed by atoms with van der Waals surface area (Å²) in [6.07, 6.45) is 28.3. The Morgan fingerprint density at radius 1 is 0.788 bits per heavy atom. The first-order valence-electron chi connectivity index (χ1n) is 13.9. The molecule has 5 heteroatoms. The van der Waals surface area contributed by atoms with Gasteiger partial charge in [-0.15, -0.1) is 0 Å². The van der Waals surface area contributed by atoms with Gasteiger partial charge >= 0.3 is 11.9 Å². The maximum absolute atomic E-state index is 10.8. The van der Waals surface area contributed by atoms with Crippen molar-refractivity contribution in [1.82, 2.24) is 5.32 Å². The van der Waals surface area contributed by atoms with E-state index in [4.69, 9.17) is 10.2 Å². The fourth-order valence-corrected chi connectivity index (χ4v) is 4.95. The number of unbranched alkanes of at least 4 members (excludes halogenated alkanes) is 8. The Bertz CT molecular complexity index is 506. The average molecular weight is 466 g/mol. The fourth-order valence-electron chi connectivity index (χ4n) is 4.95. The number of rotatable bonds is 15. The molecular weight excluding hydrogens is 414 g/mol. The van der Waals surface area contributed by atoms with Crippen molar-refractivity contribution in [3.05, 3.63) is 12.2 Å². The third kappa shape index (κ3) is 16.8. The molecule has 3 N–H and O–H groups in total. The third-order valence-corrected chi connectivity index (χ3v) is 6.99. The minimum atomic E-state index is -1.07. The van der Waals surface area contributed by atoms with Crippen LogP contribution in [0, 0.1) is 5.92 Å². The quantitative estimate of drug-likeness (QED) is 0.172. The van der Waals surface area contributed by atoms with Gasteiger partial charge in [-0.3, -0.25) is 9.59 Å². The van der Waals surface area contributed by atoms with Crippen LogP contribution in [-0.4, -0.2) is 34.2 Å². The van der Waals surface area contributed by atoms with Crippen LogP contribution in [0.1, 0.15) is 135 Å². The number of allylic oxidation sites excluding steroid dienone is 1. The lowest BCUT2D eigenvalue weighted by atomic mass is 9.91. The van der Waals surface area contributed by atoms with E-state index in [1.165, 1.54) is 109 Å². The van der Waals surface area contributed by atoms with Crippen molar-refractivity contribution in [1.29, 1.82) is 0 Å². The van der Waals surface area contributed by atoms with Crippen molar-refractivity contribution in [2.45, 2.75) is 147 Å². The Hall–Kier alpha value is -1.36. The van der Waals surface area contributed by atoms with E-state index < -0.39 is 17.9 Å². The van der Waals surface area contributed by atoms with Gasteiger partial charge in [0.05, 0.1) is 12.3 Å². The summed E-state index contributed by atoms with van der Waals surface area (Å²) in [7, 11) is 0. The van der Waals surface area contributed by atoms with Crippen LogP contribution in [-0.2, 0) is 9.59 Å². The molecule has 1 atom stereocenters. The summed E-state index contributed by atoms with van der Waals surface area (Å²) in [5.74, 6) is -3.05. The van der Waals surface area contributed by atoms with Gasteiger partial charge in [-0.25, -0.2) is 0 Å². The molecule has 2 aliphatic carbocycles. The minimum absolute atomic E-state index is 0.344. The van der Waals surface area contributed by atoms with E-state index in [-0.39, 0.29) is 6.42 Å². The SMILES string of the molecule is C1CCC(NC2CCCCC2)CC1.CCCCCCCCCCC=CC(CC(=O)O)C(=O)O. The fraction of sp³-hybridized carbons (Fsp3) is 0.857. The third-order valence-electron chi connectivity index (χ3n) is 6.99. The standard InChI is InChI=1S/C16H28O4.C12H23N/c1-2-3-4-5-6-7-8-9-10-11-12-14(16(19)20)13-15(17)18;1-3-7-11(8-4-1)13-12-9-5-2-6-10-12/h11-12,14H,2-10,13H2,1H3,(H,17,18)(H,19,20);11-13H,1-10H2. The lowest BCUT2D eigenvalue weighted by Gasteiger charge is -2.30. The molecule has 1 unspecified atom stereocenters. The first kappa shape index (κ1) is 29.7. The zero-order valence-electron chi connectivity index (χ0n) is 21.2. The summed E-state index contributed by atoms with van der Waals surface area (Å²) in [5, 5.41) is 21.3. The number of aliphatic carboxylic acids is 2. The molecule has 33 heavy (non-hydrogen) atoms. The van der Waals surface area contributed by atoms with Crippen molar-refractivity contribution in [2.75, 3.05) is 0 Å². The molecule has 0 amide bonds. The van der Waals surface area contributed by atoms with Crippen molar-refractivity contribution in [2.24, 2.45) is 5.92 Å². The van der Waals surface area contributed by atoms with Gasteiger partial charge < -0.3 is 15.5 Å². The molecule has 0 saturated heterocycles. The van der Waals surface area contributed by atoms with Crippen LogP contribution in [0.25, 0.3) is 0 Å². The second kappa shape index (κ2) is 20.1. The number of hydrogen-bond acceptors (Lipinski definition) is 3. The molecule has 0 aromatic rings. The second-order valence-corrected chi connectivity index (χ2v) is 10.1. The molecule has 0 aliphatic heterocycles. The molecule has 2 rings (SSSR count). The Balaban J connectivity index is 0.000000357. The van der Waals surface area contributed by atoms with E-state index in [9.17, 15) is 9.59 Å². The van der Waals surface area contributed by atoms with Crippen LogP contribution in [0.5, 0.6) is 0 Å². The largest absolute Gasteiger partial charge is 0.481 e. The first-order chi connectivity index (χ1) is 16.0. The summed E-state index contributed by atoms with van der Waals surface area (Å²) in [6, 6.07) is 1.74. The molecule has 0 aromatic heterocycles. The van der Waals surface area contributed by atoms with Crippen molar-refractivity contribution in [3.63, 3.8) is 0 Å². The van der Waals surface area contributed by atoms with Crippen molar-refractivity contribution < 1.29 is 19.8 Å². The Morgan fingerprint density at radius 2 is 1.27 bits per heavy atom. The highest BCUT2D eigenvalue weighted by Crippen LogP contribution is 2.22. The van der Waals surface area contributed by atoms with Gasteiger partial charge in [-0.1, -0.05) is 103 Å². The number of carbonyl (C=O) groups is 2. The highest BCUT2D eigenvalue weighted by atomic mass is 16.4. The first-order valence-corrected chi connectivity index (χ1v) is 13.9. The Labute approximate surface area is 202 Å². The van der Waals surface area contributed by atoms with Gasteiger partial charge in [-0.2, -0.15) is 0 Å². The van der Waals surface area contributed by atoms with Crippen LogP contribution >= 0.6 is 0 Å². The van der Waals surface area contributed by atoms with Crippen LogP contribution in [0.15, 0.2) is 12.2 Å². The average Bonchev–Trinajstić information content (AvgIpc) is 2.81. The lowest BCUT2D eigenvalue weighted by molar-refractivity contribution is -0.146. The van der Waals surface area contributed by atoms with Gasteiger partial charge in [0.25, 0.3) is 0 Å². The maximum Gasteiger partial charge on any atom is 0.310 e. The smallest absolute Gasteiger partial charge is 0.310 e. The molecule has 2 fully saturated rings. The number of carboxylic acid groups (broad SMARTS) is 2. The zero-order valence-corrected chi connectivity index (χ0v) is 21.2. The summed E-state index contributed by atoms with van der Waals surface area (Å²) < 4.78 is 0. The molecule has 192 valence electrons. The zero-order chi connectivity index (χ0) is 24.2. The molecule has 0 spiro atoms. The summed E-state index contributed by atoms with van der Waals surface area (Å²) in [6.45, 7) is 2.21. The van der Waals surface area contributed by atoms with Crippen LogP contribution < -0.4 is 5.32 Å². The summed E-state index contributed by atoms with van der Waals surface area (Å²) in [4.78, 5) is 21.3. The molecule has 5 nitrogen and oxygen atoms in total. The normalized spacial score (nSPS) is 18.6. The van der Waals surface area contributed by atoms with Gasteiger partial charge in [0.1, 0.15) is 0 Å². The topological polar surface area (TPSA) is 86.6 Å². The second-order valence-electron chi connectivity index (χ2n) is 10.1. The summed E-state index contributed by atoms with van der Waals surface area (Å²) >= 11 is 0. The van der Waals surface area contributed by atoms with Gasteiger partial charge in [0.15, 0.2) is 0 Å². The highest BCUT2D eigenvalue weighted by molar-refractivity contribution is 5.79. The maximum atomic E-state index is 10.8. The minimum Gasteiger partial charge on any atom is -0.481 e. The number of hydrogen-bond donors (Lipinski definition) is 3. The Morgan fingerprint density at radius 3 is 1.73 bits per heavy atom. The van der Waals surface area contributed by atoms with Gasteiger partial charge in [0, 0.05) is 12.1 Å². The van der Waals surface area contributed by atoms with Gasteiger partial charge in [-0.05, 0) is 38.5 Å². The predicted molar refractivity (Wildman–Crippen MR) is 137 cm³/mol. The predicted octanol–water partition coefficient (Wildman–Crippen LogP) is 7.49. The monoisotopic (exact) mass is 465 g/mol. The van der Waals surface area contributed by atoms with Gasteiger partial charge in [0.2, 0.25) is 0 Å². The van der Waals surface area contributed by atoms with E-state index in [1.54, 1.807) is 6.08 Å². The number of nitrogens with one attached hydrogen (secondary N) is 1. The van der Waals surface area contributed by atoms with Crippen molar-refractivity contribution in [3.8, 4) is 0 Å². The van der Waals surface area contributed by atoms with E-state index in [0.717, 1.165) is 31.3 Å². The highest BCUT2D eigenvalue weighted by Gasteiger charge is 2.19. The van der Waals surface area contributed by atoms with Crippen molar-refractivity contribution >= 4 is 11.9 Å². The van der Waals surface area contributed by atoms with E-state index >= 15 is 0 Å². The molecule has 0 heterocycles. The summed E-state index contributed by atoms with van der Waals surface area (Å²) in [5.41, 5.74) is 0. The number of carboxylic acids is 2. The van der Waals surface area contributed by atoms with E-state index in [2.05, 4.69) is 12.2 Å². The lowest BCUT2D eigenvalue weighted by Crippen LogP contribution is -2.40. The molecular formula is C28H51NO4. The molecule has 0 bridgehead atoms. The van der Waals surface area contributed by atoms with E-state index in [1.807, 2.05) is 0 Å². The van der Waals surface area contributed by atoms with Crippen LogP contribution in [0.2, 0.25) is 0 Å². The molecule has 0 aromatic carbocycles. The molecule has 0 radical (unpaired) electrons. The van der Waals surface area contributed by atoms with Crippen LogP contribution in [0.3, 0.4) is 0 Å². The molecule has 2 aliphatic rings. The Kier molecular flexibility index (Phi) is 18.0.